The molecule has 1 aromatic rings. The van der Waals surface area contributed by atoms with E-state index in [2.05, 4.69) is 10.5 Å². The summed E-state index contributed by atoms with van der Waals surface area (Å²) in [6, 6.07) is 1.58. The Hall–Kier alpha value is -1.57. The lowest BCUT2D eigenvalue weighted by molar-refractivity contribution is 0.209. The molecule has 0 unspecified atom stereocenters. The molecule has 2 saturated carbocycles. The predicted octanol–water partition coefficient (Wildman–Crippen LogP) is 4.35. The molecule has 0 aliphatic heterocycles. The van der Waals surface area contributed by atoms with Gasteiger partial charge in [0.1, 0.15) is 5.76 Å². The van der Waals surface area contributed by atoms with Crippen molar-refractivity contribution in [3.05, 3.63) is 11.8 Å². The van der Waals surface area contributed by atoms with Crippen LogP contribution in [0.25, 0.3) is 0 Å². The number of nitrogens with one attached hydrogen (secondary N) is 1. The molecule has 8 heteroatoms. The normalized spacial score (nSPS) is 19.2. The molecule has 2 aliphatic rings. The summed E-state index contributed by atoms with van der Waals surface area (Å²) in [5, 5.41) is 14.1. The first-order valence-corrected chi connectivity index (χ1v) is 10.9. The minimum absolute atomic E-state index is 0.0200. The molecular formula is C18H30N2O5S. The van der Waals surface area contributed by atoms with Crippen LogP contribution in [0, 0.1) is 0 Å². The zero-order valence-electron chi connectivity index (χ0n) is 15.8. The van der Waals surface area contributed by atoms with Gasteiger partial charge in [0.05, 0.1) is 10.5 Å². The molecule has 0 aromatic carbocycles. The molecule has 148 valence electrons. The van der Waals surface area contributed by atoms with Crippen LogP contribution in [0.15, 0.2) is 10.6 Å². The molecule has 1 amide bonds. The van der Waals surface area contributed by atoms with Gasteiger partial charge < -0.3 is 9.63 Å². The fourth-order valence-corrected chi connectivity index (χ4v) is 5.69. The SMILES string of the molecule is CC(C)(C)c1cc(NC(=O)O)no1.O=S(=O)(C1CCCCC1)C1CCC1. The monoisotopic (exact) mass is 386 g/mol. The number of amides is 1. The van der Waals surface area contributed by atoms with Gasteiger partial charge in [-0.25, -0.2) is 13.2 Å². The average Bonchev–Trinajstić information content (AvgIpc) is 2.94. The Labute approximate surface area is 155 Å². The van der Waals surface area contributed by atoms with Gasteiger partial charge in [0.25, 0.3) is 0 Å². The first-order valence-electron chi connectivity index (χ1n) is 9.30. The summed E-state index contributed by atoms with van der Waals surface area (Å²) >= 11 is 0. The minimum Gasteiger partial charge on any atom is -0.465 e. The second-order valence-electron chi connectivity index (χ2n) is 8.16. The van der Waals surface area contributed by atoms with Gasteiger partial charge in [-0.3, -0.25) is 5.32 Å². The Kier molecular flexibility index (Phi) is 6.71. The van der Waals surface area contributed by atoms with Crippen LogP contribution in [0.4, 0.5) is 10.6 Å². The summed E-state index contributed by atoms with van der Waals surface area (Å²) < 4.78 is 28.9. The summed E-state index contributed by atoms with van der Waals surface area (Å²) in [6.07, 6.45) is 7.17. The van der Waals surface area contributed by atoms with E-state index in [1.165, 1.54) is 6.42 Å². The third kappa shape index (κ3) is 5.46. The summed E-state index contributed by atoms with van der Waals surface area (Å²) in [4.78, 5) is 10.2. The Morgan fingerprint density at radius 1 is 1.12 bits per heavy atom. The highest BCUT2D eigenvalue weighted by molar-refractivity contribution is 7.92. The number of sulfone groups is 1. The average molecular weight is 387 g/mol. The Balaban J connectivity index is 0.000000187. The van der Waals surface area contributed by atoms with E-state index in [-0.39, 0.29) is 21.7 Å². The Bertz CT molecular complexity index is 695. The fourth-order valence-electron chi connectivity index (χ4n) is 3.16. The van der Waals surface area contributed by atoms with Crippen molar-refractivity contribution in [1.29, 1.82) is 0 Å². The van der Waals surface area contributed by atoms with E-state index in [4.69, 9.17) is 9.63 Å². The lowest BCUT2D eigenvalue weighted by atomic mass is 9.93. The smallest absolute Gasteiger partial charge is 0.410 e. The minimum atomic E-state index is -2.73. The molecule has 2 aliphatic carbocycles. The van der Waals surface area contributed by atoms with Gasteiger partial charge in [-0.1, -0.05) is 51.6 Å². The van der Waals surface area contributed by atoms with Crippen LogP contribution >= 0.6 is 0 Å². The second-order valence-corrected chi connectivity index (χ2v) is 10.7. The van der Waals surface area contributed by atoms with Crippen LogP contribution in [-0.4, -0.2) is 35.3 Å². The molecule has 0 bridgehead atoms. The van der Waals surface area contributed by atoms with Crippen LogP contribution in [0.1, 0.15) is 77.9 Å². The van der Waals surface area contributed by atoms with Crippen molar-refractivity contribution >= 4 is 21.7 Å². The first kappa shape index (κ1) is 20.7. The quantitative estimate of drug-likeness (QED) is 0.799. The van der Waals surface area contributed by atoms with Gasteiger partial charge in [0, 0.05) is 11.5 Å². The summed E-state index contributed by atoms with van der Waals surface area (Å²) in [6.45, 7) is 5.87. The maximum Gasteiger partial charge on any atom is 0.410 e. The van der Waals surface area contributed by atoms with Gasteiger partial charge in [-0.15, -0.1) is 0 Å². The zero-order valence-corrected chi connectivity index (χ0v) is 16.6. The third-order valence-corrected chi connectivity index (χ3v) is 7.82. The highest BCUT2D eigenvalue weighted by Gasteiger charge is 2.37. The van der Waals surface area contributed by atoms with E-state index in [0.717, 1.165) is 44.9 Å². The van der Waals surface area contributed by atoms with Crippen LogP contribution in [0.2, 0.25) is 0 Å². The number of nitrogens with zero attached hydrogens (tertiary/aromatic N) is 1. The highest BCUT2D eigenvalue weighted by Crippen LogP contribution is 2.34. The van der Waals surface area contributed by atoms with Crippen LogP contribution in [-0.2, 0) is 15.3 Å². The number of carbonyl (C=O) groups is 1. The molecule has 0 saturated heterocycles. The predicted molar refractivity (Wildman–Crippen MR) is 100 cm³/mol. The van der Waals surface area contributed by atoms with Gasteiger partial charge in [-0.05, 0) is 25.7 Å². The van der Waals surface area contributed by atoms with Crippen molar-refractivity contribution in [3.63, 3.8) is 0 Å². The lowest BCUT2D eigenvalue weighted by Gasteiger charge is -2.31. The van der Waals surface area contributed by atoms with Gasteiger partial charge in [0.2, 0.25) is 0 Å². The topological polar surface area (TPSA) is 110 Å². The molecule has 1 heterocycles. The summed E-state index contributed by atoms with van der Waals surface area (Å²) in [5.41, 5.74) is -0.161. The first-order chi connectivity index (χ1) is 12.1. The number of hydrogen-bond acceptors (Lipinski definition) is 5. The third-order valence-electron chi connectivity index (χ3n) is 5.02. The Morgan fingerprint density at radius 2 is 1.65 bits per heavy atom. The standard InChI is InChI=1S/C10H18O2S.C8H12N2O3/c11-13(12,10-7-4-8-10)9-5-2-1-3-6-9;1-8(2,3)5-4-6(10-13-5)9-7(11)12/h9-10H,1-8H2;4H,1-3H3,(H,9,10)(H,11,12). The number of aromatic nitrogens is 1. The van der Waals surface area contributed by atoms with Gasteiger partial charge in [-0.2, -0.15) is 0 Å². The van der Waals surface area contributed by atoms with Crippen molar-refractivity contribution in [3.8, 4) is 0 Å². The zero-order chi connectivity index (χ0) is 19.4. The highest BCUT2D eigenvalue weighted by atomic mass is 32.2. The van der Waals surface area contributed by atoms with E-state index >= 15 is 0 Å². The van der Waals surface area contributed by atoms with E-state index in [1.807, 2.05) is 20.8 Å². The number of hydrogen-bond donors (Lipinski definition) is 2. The molecule has 26 heavy (non-hydrogen) atoms. The van der Waals surface area contributed by atoms with E-state index in [0.29, 0.717) is 5.76 Å². The molecule has 0 atom stereocenters. The van der Waals surface area contributed by atoms with Crippen LogP contribution in [0.5, 0.6) is 0 Å². The van der Waals surface area contributed by atoms with Gasteiger partial charge in [0.15, 0.2) is 15.7 Å². The van der Waals surface area contributed by atoms with E-state index in [1.54, 1.807) is 6.07 Å². The lowest BCUT2D eigenvalue weighted by Crippen LogP contribution is -2.37. The Morgan fingerprint density at radius 3 is 2.04 bits per heavy atom. The number of anilines is 1. The van der Waals surface area contributed by atoms with Crippen molar-refractivity contribution in [1.82, 2.24) is 5.16 Å². The van der Waals surface area contributed by atoms with Crippen molar-refractivity contribution in [2.45, 2.75) is 88.1 Å². The maximum absolute atomic E-state index is 12.0. The molecule has 2 fully saturated rings. The number of carboxylic acid groups (broad SMARTS) is 1. The molecule has 7 nitrogen and oxygen atoms in total. The maximum atomic E-state index is 12.0. The summed E-state index contributed by atoms with van der Waals surface area (Å²) in [5.74, 6) is 0.869. The van der Waals surface area contributed by atoms with E-state index in [9.17, 15) is 13.2 Å². The number of rotatable bonds is 3. The molecule has 0 spiro atoms. The second kappa shape index (κ2) is 8.41. The van der Waals surface area contributed by atoms with Crippen LogP contribution in [0.3, 0.4) is 0 Å². The van der Waals surface area contributed by atoms with E-state index < -0.39 is 15.9 Å². The van der Waals surface area contributed by atoms with Crippen molar-refractivity contribution in [2.24, 2.45) is 0 Å². The molecule has 2 N–H and O–H groups in total. The molecular weight excluding hydrogens is 356 g/mol. The van der Waals surface area contributed by atoms with Crippen LogP contribution < -0.4 is 5.32 Å². The van der Waals surface area contributed by atoms with Crippen molar-refractivity contribution < 1.29 is 22.8 Å². The molecule has 3 rings (SSSR count). The largest absolute Gasteiger partial charge is 0.465 e. The summed E-state index contributed by atoms with van der Waals surface area (Å²) in [7, 11) is -2.73. The molecule has 1 aromatic heterocycles. The molecule has 0 radical (unpaired) electrons. The van der Waals surface area contributed by atoms with Crippen molar-refractivity contribution in [2.75, 3.05) is 5.32 Å². The van der Waals surface area contributed by atoms with Gasteiger partial charge >= 0.3 is 6.09 Å². The fraction of sp³-hybridized carbons (Fsp3) is 0.778.